The highest BCUT2D eigenvalue weighted by molar-refractivity contribution is 9.10. The van der Waals surface area contributed by atoms with Crippen LogP contribution in [-0.4, -0.2) is 85.7 Å². The number of hydrogen-bond acceptors (Lipinski definition) is 10. The molecule has 0 radical (unpaired) electrons. The van der Waals surface area contributed by atoms with Crippen LogP contribution in [0.2, 0.25) is 0 Å². The Bertz CT molecular complexity index is 1930. The molecule has 2 aromatic heterocycles. The largest absolute Gasteiger partial charge is 0.494 e. The molecule has 2 aliphatic heterocycles. The summed E-state index contributed by atoms with van der Waals surface area (Å²) in [4.78, 5) is 14.3. The molecule has 0 atom stereocenters. The van der Waals surface area contributed by atoms with Crippen LogP contribution in [0.1, 0.15) is 38.5 Å². The lowest BCUT2D eigenvalue weighted by molar-refractivity contribution is 0.0945. The Balaban J connectivity index is 1.17. The van der Waals surface area contributed by atoms with Gasteiger partial charge in [0, 0.05) is 62.5 Å². The average Bonchev–Trinajstić information content (AvgIpc) is 3.89. The monoisotopic (exact) mass is 749 g/mol. The summed E-state index contributed by atoms with van der Waals surface area (Å²) >= 11 is 3.57. The van der Waals surface area contributed by atoms with Crippen molar-refractivity contribution in [3.8, 4) is 16.9 Å². The Morgan fingerprint density at radius 3 is 2.37 bits per heavy atom. The number of sulfonamides is 1. The van der Waals surface area contributed by atoms with E-state index in [9.17, 15) is 8.42 Å². The number of benzene rings is 2. The molecule has 4 heterocycles. The molecule has 12 nitrogen and oxygen atoms in total. The first-order chi connectivity index (χ1) is 23.5. The fourth-order valence-corrected chi connectivity index (χ4v) is 8.95. The molecule has 3 aliphatic rings. The lowest BCUT2D eigenvalue weighted by atomic mass is 9.71. The number of rotatable bonds is 10. The molecule has 0 unspecified atom stereocenters. The summed E-state index contributed by atoms with van der Waals surface area (Å²) in [7, 11) is 4.00. The molecule has 1 spiro atoms. The van der Waals surface area contributed by atoms with Crippen molar-refractivity contribution in [1.29, 1.82) is 0 Å². The molecule has 49 heavy (non-hydrogen) atoms. The Labute approximate surface area is 297 Å². The first-order valence-electron chi connectivity index (χ1n) is 16.8. The third-order valence-electron chi connectivity index (χ3n) is 10.4. The van der Waals surface area contributed by atoms with Gasteiger partial charge in [-0.05, 0) is 98.2 Å². The van der Waals surface area contributed by atoms with Gasteiger partial charge in [0.25, 0.3) is 0 Å². The highest BCUT2D eigenvalue weighted by Crippen LogP contribution is 2.46. The van der Waals surface area contributed by atoms with Crippen molar-refractivity contribution in [2.24, 2.45) is 12.5 Å². The number of methoxy groups -OCH3 is 1. The van der Waals surface area contributed by atoms with E-state index in [1.807, 2.05) is 42.3 Å². The van der Waals surface area contributed by atoms with Gasteiger partial charge in [-0.1, -0.05) is 12.1 Å². The Morgan fingerprint density at radius 2 is 1.69 bits per heavy atom. The standard InChI is InChI=1S/C35H44BrN9O3S/c1-42-15-11-35(12-16-42)13-17-45(18-14-35)31-20-32(48-4)29(19-26(31)24-21-38-43(2)23-24)40-34-37-22-27(36)33(41-34)39-28-7-5-6-8-30(28)44(3)49(46,47)25-9-10-25/h5-8,19-23,25H,9-18H2,1-4H3,(H2,37,39,40,41). The summed E-state index contributed by atoms with van der Waals surface area (Å²) in [6.45, 7) is 4.35. The van der Waals surface area contributed by atoms with E-state index in [0.717, 1.165) is 35.6 Å². The molecule has 1 saturated carbocycles. The van der Waals surface area contributed by atoms with Crippen LogP contribution in [0.5, 0.6) is 5.75 Å². The minimum Gasteiger partial charge on any atom is -0.494 e. The van der Waals surface area contributed by atoms with Crippen LogP contribution in [0.25, 0.3) is 11.1 Å². The van der Waals surface area contributed by atoms with Crippen LogP contribution in [0.15, 0.2) is 59.5 Å². The third kappa shape index (κ3) is 6.95. The second-order valence-corrected chi connectivity index (χ2v) is 16.7. The summed E-state index contributed by atoms with van der Waals surface area (Å²) in [6, 6.07) is 11.5. The van der Waals surface area contributed by atoms with E-state index in [2.05, 4.69) is 65.6 Å². The Kier molecular flexibility index (Phi) is 9.22. The minimum atomic E-state index is -3.44. The van der Waals surface area contributed by atoms with E-state index in [1.54, 1.807) is 26.4 Å². The number of nitrogens with one attached hydrogen (secondary N) is 2. The molecule has 1 aliphatic carbocycles. The SMILES string of the molecule is COc1cc(N2CCC3(CCN(C)CC3)CC2)c(-c2cnn(C)c2)cc1Nc1ncc(Br)c(Nc2ccccc2N(C)S(=O)(=O)C2CC2)n1. The number of likely N-dealkylation sites (tertiary alicyclic amines) is 1. The summed E-state index contributed by atoms with van der Waals surface area (Å²) in [6.07, 6.45) is 11.9. The van der Waals surface area contributed by atoms with E-state index in [-0.39, 0.29) is 5.25 Å². The van der Waals surface area contributed by atoms with E-state index < -0.39 is 10.0 Å². The average molecular weight is 751 g/mol. The van der Waals surface area contributed by atoms with Gasteiger partial charge < -0.3 is 25.2 Å². The fourth-order valence-electron chi connectivity index (χ4n) is 7.05. The number of aryl methyl sites for hydroxylation is 1. The molecular weight excluding hydrogens is 706 g/mol. The number of piperidine rings is 2. The zero-order valence-corrected chi connectivity index (χ0v) is 30.9. The molecule has 7 rings (SSSR count). The van der Waals surface area contributed by atoms with Gasteiger partial charge in [0.15, 0.2) is 0 Å². The van der Waals surface area contributed by atoms with E-state index >= 15 is 0 Å². The molecule has 260 valence electrons. The topological polar surface area (TPSA) is 121 Å². The van der Waals surface area contributed by atoms with Gasteiger partial charge in [-0.15, -0.1) is 0 Å². The summed E-state index contributed by atoms with van der Waals surface area (Å²) in [5, 5.41) is 10.9. The molecule has 2 aromatic carbocycles. The van der Waals surface area contributed by atoms with Crippen LogP contribution in [0.4, 0.5) is 34.5 Å². The molecular formula is C35H44BrN9O3S. The van der Waals surface area contributed by atoms with Crippen molar-refractivity contribution < 1.29 is 13.2 Å². The number of anilines is 6. The third-order valence-corrected chi connectivity index (χ3v) is 13.2. The van der Waals surface area contributed by atoms with Crippen molar-refractivity contribution in [2.75, 3.05) is 67.2 Å². The number of nitrogens with zero attached hydrogens (tertiary/aromatic N) is 7. The van der Waals surface area contributed by atoms with Crippen molar-refractivity contribution in [3.63, 3.8) is 0 Å². The van der Waals surface area contributed by atoms with Gasteiger partial charge in [-0.25, -0.2) is 13.4 Å². The van der Waals surface area contributed by atoms with Gasteiger partial charge >= 0.3 is 0 Å². The quantitative estimate of drug-likeness (QED) is 0.189. The molecule has 3 fully saturated rings. The van der Waals surface area contributed by atoms with E-state index in [0.29, 0.717) is 51.6 Å². The second-order valence-electron chi connectivity index (χ2n) is 13.6. The van der Waals surface area contributed by atoms with Crippen LogP contribution >= 0.6 is 15.9 Å². The van der Waals surface area contributed by atoms with Gasteiger partial charge in [0.1, 0.15) is 11.6 Å². The summed E-state index contributed by atoms with van der Waals surface area (Å²) in [5.74, 6) is 1.52. The molecule has 0 amide bonds. The van der Waals surface area contributed by atoms with Crippen LogP contribution in [0.3, 0.4) is 0 Å². The van der Waals surface area contributed by atoms with Crippen molar-refractivity contribution in [2.45, 2.75) is 43.8 Å². The molecule has 4 aromatic rings. The maximum Gasteiger partial charge on any atom is 0.237 e. The number of halogens is 1. The highest BCUT2D eigenvalue weighted by Gasteiger charge is 2.40. The molecule has 2 saturated heterocycles. The lowest BCUT2D eigenvalue weighted by Gasteiger charge is -2.47. The second kappa shape index (κ2) is 13.4. The van der Waals surface area contributed by atoms with Gasteiger partial charge in [-0.3, -0.25) is 8.99 Å². The van der Waals surface area contributed by atoms with Crippen LogP contribution < -0.4 is 24.6 Å². The Morgan fingerprint density at radius 1 is 0.980 bits per heavy atom. The minimum absolute atomic E-state index is 0.323. The van der Waals surface area contributed by atoms with Gasteiger partial charge in [0.05, 0.1) is 40.1 Å². The van der Waals surface area contributed by atoms with Gasteiger partial charge in [-0.2, -0.15) is 10.1 Å². The Hall–Kier alpha value is -3.88. The normalized spacial score (nSPS) is 18.0. The zero-order chi connectivity index (χ0) is 34.3. The molecule has 0 bridgehead atoms. The predicted molar refractivity (Wildman–Crippen MR) is 199 cm³/mol. The number of hydrogen-bond donors (Lipinski definition) is 2. The molecule has 2 N–H and O–H groups in total. The maximum absolute atomic E-state index is 13.1. The fraction of sp³-hybridized carbons (Fsp3) is 0.457. The maximum atomic E-state index is 13.1. The summed E-state index contributed by atoms with van der Waals surface area (Å²) in [5.41, 5.74) is 5.52. The first-order valence-corrected chi connectivity index (χ1v) is 19.1. The smallest absolute Gasteiger partial charge is 0.237 e. The number of ether oxygens (including phenoxy) is 1. The van der Waals surface area contributed by atoms with E-state index in [1.165, 1.54) is 43.1 Å². The zero-order valence-electron chi connectivity index (χ0n) is 28.5. The highest BCUT2D eigenvalue weighted by atomic mass is 79.9. The van der Waals surface area contributed by atoms with Crippen LogP contribution in [0, 0.1) is 5.41 Å². The van der Waals surface area contributed by atoms with Gasteiger partial charge in [0.2, 0.25) is 16.0 Å². The van der Waals surface area contributed by atoms with Crippen molar-refractivity contribution in [1.82, 2.24) is 24.6 Å². The van der Waals surface area contributed by atoms with Crippen molar-refractivity contribution in [3.05, 3.63) is 59.5 Å². The first kappa shape index (κ1) is 33.6. The van der Waals surface area contributed by atoms with Crippen LogP contribution in [-0.2, 0) is 17.1 Å². The van der Waals surface area contributed by atoms with Crippen molar-refractivity contribution >= 4 is 60.5 Å². The summed E-state index contributed by atoms with van der Waals surface area (Å²) < 4.78 is 35.9. The van der Waals surface area contributed by atoms with E-state index in [4.69, 9.17) is 9.72 Å². The predicted octanol–water partition coefficient (Wildman–Crippen LogP) is 6.38. The molecule has 14 heteroatoms. The lowest BCUT2D eigenvalue weighted by Crippen LogP contribution is -2.46. The number of aromatic nitrogens is 4. The number of para-hydroxylation sites is 2.